The van der Waals surface area contributed by atoms with Gasteiger partial charge >= 0.3 is 5.97 Å². The number of rotatable bonds is 4. The maximum absolute atomic E-state index is 11.3. The van der Waals surface area contributed by atoms with Gasteiger partial charge in [-0.1, -0.05) is 36.4 Å². The summed E-state index contributed by atoms with van der Waals surface area (Å²) >= 11 is 0. The largest absolute Gasteiger partial charge is 0.478 e. The molecule has 0 aliphatic heterocycles. The number of benzene rings is 1. The lowest BCUT2D eigenvalue weighted by Gasteiger charge is -2.04. The van der Waals surface area contributed by atoms with E-state index in [4.69, 9.17) is 5.26 Å². The second-order valence-electron chi connectivity index (χ2n) is 4.40. The molecule has 1 N–H and O–H groups in total. The first-order chi connectivity index (χ1) is 10.7. The fraction of sp³-hybridized carbons (Fsp3) is 0.0588. The summed E-state index contributed by atoms with van der Waals surface area (Å²) in [6.45, 7) is 1.82. The zero-order chi connectivity index (χ0) is 15.9. The molecule has 0 aliphatic rings. The zero-order valence-corrected chi connectivity index (χ0v) is 11.9. The van der Waals surface area contributed by atoms with Gasteiger partial charge in [-0.2, -0.15) is 5.26 Å². The van der Waals surface area contributed by atoms with E-state index in [-0.39, 0.29) is 5.57 Å². The fourth-order valence-electron chi connectivity index (χ4n) is 1.82. The molecule has 0 fully saturated rings. The Morgan fingerprint density at radius 3 is 2.36 bits per heavy atom. The van der Waals surface area contributed by atoms with Gasteiger partial charge in [-0.05, 0) is 18.6 Å². The number of carboxylic acids is 1. The molecule has 2 aromatic rings. The van der Waals surface area contributed by atoms with Crippen LogP contribution in [0, 0.1) is 11.3 Å². The quantitative estimate of drug-likeness (QED) is 0.691. The first-order valence-electron chi connectivity index (χ1n) is 6.55. The Kier molecular flexibility index (Phi) is 4.78. The Morgan fingerprint density at radius 2 is 1.86 bits per heavy atom. The van der Waals surface area contributed by atoms with Crippen molar-refractivity contribution in [3.63, 3.8) is 0 Å². The van der Waals surface area contributed by atoms with E-state index in [1.165, 1.54) is 12.4 Å². The van der Waals surface area contributed by atoms with Crippen molar-refractivity contribution in [2.45, 2.75) is 6.92 Å². The third-order valence-electron chi connectivity index (χ3n) is 2.92. The van der Waals surface area contributed by atoms with Gasteiger partial charge in [-0.25, -0.2) is 14.8 Å². The van der Waals surface area contributed by atoms with Gasteiger partial charge in [0.05, 0.1) is 11.1 Å². The van der Waals surface area contributed by atoms with Gasteiger partial charge < -0.3 is 5.11 Å². The molecule has 0 saturated carbocycles. The molecule has 0 amide bonds. The molecule has 0 radical (unpaired) electrons. The standard InChI is InChI=1S/C17H13N3O2/c1-2-3-4-15(17(21)22)13-5-7-14(8-6-13)16-19-10-12(9-18)11-20-16/h2-8,10-11H,1H3,(H,21,22)/b3-2+,15-4+. The van der Waals surface area contributed by atoms with Crippen LogP contribution in [0.1, 0.15) is 18.1 Å². The number of allylic oxidation sites excluding steroid dienone is 3. The van der Waals surface area contributed by atoms with Crippen molar-refractivity contribution in [2.75, 3.05) is 0 Å². The summed E-state index contributed by atoms with van der Waals surface area (Å²) in [6.07, 6.45) is 7.90. The highest BCUT2D eigenvalue weighted by molar-refractivity contribution is 6.15. The first kappa shape index (κ1) is 15.1. The Morgan fingerprint density at radius 1 is 1.23 bits per heavy atom. The average molecular weight is 291 g/mol. The van der Waals surface area contributed by atoms with Crippen LogP contribution in [-0.2, 0) is 4.79 Å². The first-order valence-corrected chi connectivity index (χ1v) is 6.55. The number of hydrogen-bond acceptors (Lipinski definition) is 4. The molecule has 1 heterocycles. The second kappa shape index (κ2) is 6.95. The Balaban J connectivity index is 2.33. The van der Waals surface area contributed by atoms with Gasteiger partial charge in [0.1, 0.15) is 6.07 Å². The highest BCUT2D eigenvalue weighted by Gasteiger charge is 2.10. The van der Waals surface area contributed by atoms with Gasteiger partial charge in [-0.15, -0.1) is 0 Å². The van der Waals surface area contributed by atoms with Crippen molar-refractivity contribution in [1.82, 2.24) is 9.97 Å². The van der Waals surface area contributed by atoms with Crippen molar-refractivity contribution in [3.05, 3.63) is 66.0 Å². The van der Waals surface area contributed by atoms with Crippen LogP contribution in [0.15, 0.2) is 54.9 Å². The molecule has 0 saturated heterocycles. The van der Waals surface area contributed by atoms with Crippen LogP contribution >= 0.6 is 0 Å². The Bertz CT molecular complexity index is 767. The smallest absolute Gasteiger partial charge is 0.336 e. The summed E-state index contributed by atoms with van der Waals surface area (Å²) in [5, 5.41) is 18.0. The predicted molar refractivity (Wildman–Crippen MR) is 82.6 cm³/mol. The lowest BCUT2D eigenvalue weighted by Crippen LogP contribution is -1.99. The minimum absolute atomic E-state index is 0.213. The van der Waals surface area contributed by atoms with Crippen LogP contribution in [0.5, 0.6) is 0 Å². The maximum Gasteiger partial charge on any atom is 0.336 e. The molecule has 5 nitrogen and oxygen atoms in total. The lowest BCUT2D eigenvalue weighted by atomic mass is 10.0. The minimum atomic E-state index is -0.986. The summed E-state index contributed by atoms with van der Waals surface area (Å²) < 4.78 is 0. The van der Waals surface area contributed by atoms with Crippen molar-refractivity contribution < 1.29 is 9.90 Å². The predicted octanol–water partition coefficient (Wildman–Crippen LogP) is 3.06. The minimum Gasteiger partial charge on any atom is -0.478 e. The molecule has 0 aliphatic carbocycles. The van der Waals surface area contributed by atoms with E-state index in [0.29, 0.717) is 17.0 Å². The molecule has 0 spiro atoms. The molecule has 22 heavy (non-hydrogen) atoms. The van der Waals surface area contributed by atoms with Crippen LogP contribution in [0.25, 0.3) is 17.0 Å². The summed E-state index contributed by atoms with van der Waals surface area (Å²) in [7, 11) is 0. The monoisotopic (exact) mass is 291 g/mol. The van der Waals surface area contributed by atoms with E-state index in [0.717, 1.165) is 5.56 Å². The molecule has 0 bridgehead atoms. The Hall–Kier alpha value is -3.26. The molecule has 1 aromatic heterocycles. The Labute approximate surface area is 127 Å². The molecular formula is C17H13N3O2. The number of nitriles is 1. The van der Waals surface area contributed by atoms with Gasteiger partial charge in [-0.3, -0.25) is 0 Å². The van der Waals surface area contributed by atoms with Gasteiger partial charge in [0.15, 0.2) is 5.82 Å². The SMILES string of the molecule is C/C=C/C=C(/C(=O)O)c1ccc(-c2ncc(C#N)cn2)cc1. The van der Waals surface area contributed by atoms with Crippen LogP contribution in [0.2, 0.25) is 0 Å². The normalized spacial score (nSPS) is 11.4. The average Bonchev–Trinajstić information content (AvgIpc) is 2.55. The van der Waals surface area contributed by atoms with E-state index in [9.17, 15) is 9.90 Å². The van der Waals surface area contributed by atoms with E-state index in [1.807, 2.05) is 13.0 Å². The molecule has 5 heteroatoms. The topological polar surface area (TPSA) is 86.9 Å². The molecule has 0 unspecified atom stereocenters. The fourth-order valence-corrected chi connectivity index (χ4v) is 1.82. The summed E-state index contributed by atoms with van der Waals surface area (Å²) in [4.78, 5) is 19.5. The van der Waals surface area contributed by atoms with Crippen LogP contribution in [-0.4, -0.2) is 21.0 Å². The second-order valence-corrected chi connectivity index (χ2v) is 4.40. The molecular weight excluding hydrogens is 278 g/mol. The van der Waals surface area contributed by atoms with Gasteiger partial charge in [0.2, 0.25) is 0 Å². The molecule has 108 valence electrons. The van der Waals surface area contributed by atoms with E-state index >= 15 is 0 Å². The number of aromatic nitrogens is 2. The summed E-state index contributed by atoms with van der Waals surface area (Å²) in [6, 6.07) is 8.88. The van der Waals surface area contributed by atoms with E-state index in [1.54, 1.807) is 42.5 Å². The van der Waals surface area contributed by atoms with Crippen LogP contribution < -0.4 is 0 Å². The van der Waals surface area contributed by atoms with Crippen molar-refractivity contribution >= 4 is 11.5 Å². The highest BCUT2D eigenvalue weighted by atomic mass is 16.4. The van der Waals surface area contributed by atoms with Gasteiger partial charge in [0, 0.05) is 18.0 Å². The number of nitrogens with zero attached hydrogens (tertiary/aromatic N) is 3. The van der Waals surface area contributed by atoms with E-state index < -0.39 is 5.97 Å². The molecule has 2 rings (SSSR count). The lowest BCUT2D eigenvalue weighted by molar-refractivity contribution is -0.130. The maximum atomic E-state index is 11.3. The van der Waals surface area contributed by atoms with Crippen LogP contribution in [0.3, 0.4) is 0 Å². The van der Waals surface area contributed by atoms with Crippen molar-refractivity contribution in [2.24, 2.45) is 0 Å². The van der Waals surface area contributed by atoms with E-state index in [2.05, 4.69) is 9.97 Å². The van der Waals surface area contributed by atoms with Crippen LogP contribution in [0.4, 0.5) is 0 Å². The number of hydrogen-bond donors (Lipinski definition) is 1. The van der Waals surface area contributed by atoms with Gasteiger partial charge in [0.25, 0.3) is 0 Å². The van der Waals surface area contributed by atoms with Crippen molar-refractivity contribution in [3.8, 4) is 17.5 Å². The summed E-state index contributed by atoms with van der Waals surface area (Å²) in [5.41, 5.74) is 1.96. The third kappa shape index (κ3) is 3.44. The summed E-state index contributed by atoms with van der Waals surface area (Å²) in [5.74, 6) is -0.500. The number of carboxylic acid groups (broad SMARTS) is 1. The molecule has 0 atom stereocenters. The number of aliphatic carboxylic acids is 1. The number of carbonyl (C=O) groups is 1. The van der Waals surface area contributed by atoms with Crippen molar-refractivity contribution in [1.29, 1.82) is 5.26 Å². The zero-order valence-electron chi connectivity index (χ0n) is 11.9. The third-order valence-corrected chi connectivity index (χ3v) is 2.92. The highest BCUT2D eigenvalue weighted by Crippen LogP contribution is 2.20. The molecule has 1 aromatic carbocycles.